The molecule has 0 heterocycles. The van der Waals surface area contributed by atoms with Gasteiger partial charge in [-0.25, -0.2) is 9.59 Å². The maximum absolute atomic E-state index is 12.4. The molecule has 1 aromatic rings. The molecule has 2 unspecified atom stereocenters. The molecule has 0 bridgehead atoms. The lowest BCUT2D eigenvalue weighted by Gasteiger charge is -2.25. The molecule has 0 aliphatic heterocycles. The Morgan fingerprint density at radius 2 is 1.59 bits per heavy atom. The number of nitrogens with one attached hydrogen (secondary N) is 1. The van der Waals surface area contributed by atoms with E-state index in [4.69, 9.17) is 9.47 Å². The van der Waals surface area contributed by atoms with Gasteiger partial charge < -0.3 is 14.8 Å². The number of hydrogen-bond donors (Lipinski definition) is 1. The molecule has 0 aliphatic rings. The van der Waals surface area contributed by atoms with E-state index in [1.807, 2.05) is 0 Å². The van der Waals surface area contributed by atoms with Crippen LogP contribution in [-0.2, 0) is 26.1 Å². The lowest BCUT2D eigenvalue weighted by atomic mass is 9.85. The Balaban J connectivity index is 2.85. The Labute approximate surface area is 176 Å². The van der Waals surface area contributed by atoms with E-state index >= 15 is 0 Å². The van der Waals surface area contributed by atoms with Gasteiger partial charge in [0.25, 0.3) is 0 Å². The minimum absolute atomic E-state index is 0.120. The van der Waals surface area contributed by atoms with E-state index in [1.54, 1.807) is 27.7 Å². The van der Waals surface area contributed by atoms with Crippen molar-refractivity contribution >= 4 is 12.1 Å². The summed E-state index contributed by atoms with van der Waals surface area (Å²) in [7, 11) is 0. The Morgan fingerprint density at radius 1 is 1.00 bits per heavy atom. The number of benzene rings is 1. The van der Waals surface area contributed by atoms with Gasteiger partial charge in [0.1, 0.15) is 11.6 Å². The van der Waals surface area contributed by atoms with E-state index in [2.05, 4.69) is 57.3 Å². The number of hydrogen-bond acceptors (Lipinski definition) is 4. The number of carbonyl (C=O) groups is 2. The van der Waals surface area contributed by atoms with Crippen LogP contribution in [0.1, 0.15) is 79.4 Å². The number of carbonyl (C=O) groups excluding carboxylic acids is 2. The average molecular weight is 406 g/mol. The Kier molecular flexibility index (Phi) is 9.18. The molecule has 1 rings (SSSR count). The second kappa shape index (κ2) is 10.7. The lowest BCUT2D eigenvalue weighted by molar-refractivity contribution is -0.146. The summed E-state index contributed by atoms with van der Waals surface area (Å²) >= 11 is 0. The van der Waals surface area contributed by atoms with Gasteiger partial charge in [0, 0.05) is 0 Å². The molecule has 164 valence electrons. The molecular weight excluding hydrogens is 366 g/mol. The van der Waals surface area contributed by atoms with E-state index < -0.39 is 23.7 Å². The van der Waals surface area contributed by atoms with E-state index in [9.17, 15) is 9.59 Å². The van der Waals surface area contributed by atoms with Crippen molar-refractivity contribution in [1.82, 2.24) is 5.32 Å². The molecule has 1 amide bonds. The third-order valence-corrected chi connectivity index (χ3v) is 4.75. The fraction of sp³-hybridized carbons (Fsp3) is 0.667. The molecule has 0 saturated carbocycles. The zero-order valence-electron chi connectivity index (χ0n) is 19.4. The first-order chi connectivity index (χ1) is 13.4. The molecule has 5 nitrogen and oxygen atoms in total. The predicted octanol–water partition coefficient (Wildman–Crippen LogP) is 5.40. The molecule has 0 aliphatic carbocycles. The summed E-state index contributed by atoms with van der Waals surface area (Å²) in [6, 6.07) is 7.94. The van der Waals surface area contributed by atoms with Crippen molar-refractivity contribution in [2.24, 2.45) is 5.92 Å². The van der Waals surface area contributed by atoms with Gasteiger partial charge in [-0.2, -0.15) is 0 Å². The maximum atomic E-state index is 12.4. The van der Waals surface area contributed by atoms with Gasteiger partial charge in [0.2, 0.25) is 0 Å². The van der Waals surface area contributed by atoms with E-state index in [1.165, 1.54) is 11.1 Å². The first kappa shape index (κ1) is 25.0. The number of esters is 1. The van der Waals surface area contributed by atoms with Crippen LogP contribution in [-0.4, -0.2) is 30.3 Å². The highest BCUT2D eigenvalue weighted by Gasteiger charge is 2.28. The second-order valence-electron chi connectivity index (χ2n) is 9.61. The highest BCUT2D eigenvalue weighted by atomic mass is 16.6. The van der Waals surface area contributed by atoms with E-state index in [0.29, 0.717) is 6.42 Å². The first-order valence-corrected chi connectivity index (χ1v) is 10.6. The van der Waals surface area contributed by atoms with Crippen LogP contribution in [0.25, 0.3) is 0 Å². The monoisotopic (exact) mass is 405 g/mol. The smallest absolute Gasteiger partial charge is 0.408 e. The highest BCUT2D eigenvalue weighted by Crippen LogP contribution is 2.24. The molecule has 2 atom stereocenters. The third kappa shape index (κ3) is 9.33. The van der Waals surface area contributed by atoms with Crippen molar-refractivity contribution in [3.05, 3.63) is 35.4 Å². The quantitative estimate of drug-likeness (QED) is 0.588. The fourth-order valence-corrected chi connectivity index (χ4v) is 3.11. The molecule has 1 aromatic carbocycles. The summed E-state index contributed by atoms with van der Waals surface area (Å²) < 4.78 is 10.5. The van der Waals surface area contributed by atoms with Crippen LogP contribution in [0.4, 0.5) is 4.79 Å². The zero-order valence-corrected chi connectivity index (χ0v) is 19.4. The van der Waals surface area contributed by atoms with Crippen LogP contribution in [0.3, 0.4) is 0 Å². The number of rotatable bonds is 8. The summed E-state index contributed by atoms with van der Waals surface area (Å²) in [5.41, 5.74) is 2.02. The van der Waals surface area contributed by atoms with E-state index in [-0.39, 0.29) is 17.9 Å². The Hall–Kier alpha value is -2.04. The topological polar surface area (TPSA) is 64.6 Å². The molecule has 1 N–H and O–H groups in total. The molecule has 5 heteroatoms. The van der Waals surface area contributed by atoms with Crippen molar-refractivity contribution in [3.8, 4) is 0 Å². The first-order valence-electron chi connectivity index (χ1n) is 10.6. The largest absolute Gasteiger partial charge is 0.464 e. The lowest BCUT2D eigenvalue weighted by Crippen LogP contribution is -2.45. The summed E-state index contributed by atoms with van der Waals surface area (Å²) in [4.78, 5) is 24.6. The summed E-state index contributed by atoms with van der Waals surface area (Å²) in [5, 5.41) is 2.70. The van der Waals surface area contributed by atoms with E-state index in [0.717, 1.165) is 12.8 Å². The zero-order chi connectivity index (χ0) is 22.2. The Morgan fingerprint density at radius 3 is 2.03 bits per heavy atom. The normalized spacial score (nSPS) is 14.1. The SMILES string of the molecule is CCOC(=O)C(CC(CC)Cc1ccc(C(C)(C)C)cc1)NC(=O)OC(C)(C)C. The van der Waals surface area contributed by atoms with Crippen LogP contribution >= 0.6 is 0 Å². The molecule has 0 fully saturated rings. The Bertz CT molecular complexity index is 653. The van der Waals surface area contributed by atoms with Crippen molar-refractivity contribution in [1.29, 1.82) is 0 Å². The van der Waals surface area contributed by atoms with Crippen molar-refractivity contribution in [2.75, 3.05) is 6.61 Å². The van der Waals surface area contributed by atoms with Crippen molar-refractivity contribution in [3.63, 3.8) is 0 Å². The summed E-state index contributed by atoms with van der Waals surface area (Å²) in [6.07, 6.45) is 1.65. The number of alkyl carbamates (subject to hydrolysis) is 1. The van der Waals surface area contributed by atoms with Crippen molar-refractivity contribution in [2.45, 2.75) is 91.7 Å². The molecule has 0 radical (unpaired) electrons. The van der Waals surface area contributed by atoms with Crippen LogP contribution in [0.5, 0.6) is 0 Å². The summed E-state index contributed by atoms with van der Waals surface area (Å²) in [6.45, 7) is 16.1. The van der Waals surface area contributed by atoms with Gasteiger partial charge in [-0.15, -0.1) is 0 Å². The fourth-order valence-electron chi connectivity index (χ4n) is 3.11. The van der Waals surface area contributed by atoms with Crippen LogP contribution in [0.15, 0.2) is 24.3 Å². The van der Waals surface area contributed by atoms with Gasteiger partial charge in [-0.1, -0.05) is 58.4 Å². The molecule has 0 spiro atoms. The van der Waals surface area contributed by atoms with Gasteiger partial charge >= 0.3 is 12.1 Å². The second-order valence-corrected chi connectivity index (χ2v) is 9.61. The van der Waals surface area contributed by atoms with Crippen LogP contribution < -0.4 is 5.32 Å². The summed E-state index contributed by atoms with van der Waals surface area (Å²) in [5.74, 6) is -0.181. The van der Waals surface area contributed by atoms with Crippen molar-refractivity contribution < 1.29 is 19.1 Å². The van der Waals surface area contributed by atoms with Gasteiger partial charge in [0.15, 0.2) is 0 Å². The maximum Gasteiger partial charge on any atom is 0.408 e. The molecule has 0 saturated heterocycles. The van der Waals surface area contributed by atoms with Gasteiger partial charge in [0.05, 0.1) is 6.61 Å². The predicted molar refractivity (Wildman–Crippen MR) is 117 cm³/mol. The molecule has 29 heavy (non-hydrogen) atoms. The van der Waals surface area contributed by atoms with Crippen LogP contribution in [0.2, 0.25) is 0 Å². The number of ether oxygens (including phenoxy) is 2. The molecular formula is C24H39NO4. The van der Waals surface area contributed by atoms with Gasteiger partial charge in [-0.05, 0) is 63.0 Å². The van der Waals surface area contributed by atoms with Crippen LogP contribution in [0, 0.1) is 5.92 Å². The number of amides is 1. The minimum atomic E-state index is -0.719. The van der Waals surface area contributed by atoms with Gasteiger partial charge in [-0.3, -0.25) is 0 Å². The standard InChI is InChI=1S/C24H39NO4/c1-9-17(15-18-11-13-19(14-12-18)23(3,4)5)16-20(21(26)28-10-2)25-22(27)29-24(6,7)8/h11-14,17,20H,9-10,15-16H2,1-8H3,(H,25,27). The highest BCUT2D eigenvalue weighted by molar-refractivity contribution is 5.81. The average Bonchev–Trinajstić information content (AvgIpc) is 2.58. The molecule has 0 aromatic heterocycles. The minimum Gasteiger partial charge on any atom is -0.464 e. The third-order valence-electron chi connectivity index (χ3n) is 4.75.